The highest BCUT2D eigenvalue weighted by molar-refractivity contribution is 8.78. The molecule has 0 saturated carbocycles. The van der Waals surface area contributed by atoms with Crippen LogP contribution in [0.4, 0.5) is 0 Å². The highest BCUT2D eigenvalue weighted by Crippen LogP contribution is 2.30. The molecule has 0 amide bonds. The average molecular weight is 1120 g/mol. The number of nitrogens with zero attached hydrogens (tertiary/aromatic N) is 3. The van der Waals surface area contributed by atoms with Gasteiger partial charge in [-0.2, -0.15) is 0 Å². The third-order valence-electron chi connectivity index (χ3n) is 7.73. The van der Waals surface area contributed by atoms with E-state index in [0.717, 1.165) is 33.6 Å². The minimum absolute atomic E-state index is 0.141. The molecule has 7 rings (SSSR count). The molecule has 0 unspecified atom stereocenters. The average Bonchev–Trinajstić information content (AvgIpc) is 3.23. The van der Waals surface area contributed by atoms with E-state index in [9.17, 15) is 9.59 Å². The van der Waals surface area contributed by atoms with Crippen molar-refractivity contribution < 1.29 is 0 Å². The summed E-state index contributed by atoms with van der Waals surface area (Å²) in [4.78, 5) is 37.3. The van der Waals surface area contributed by atoms with Gasteiger partial charge in [-0.1, -0.05) is 54.6 Å². The molecule has 0 aliphatic rings. The monoisotopic (exact) mass is 1120 g/mol. The fraction of sp³-hybridized carbons (Fsp3) is 0.0625. The first-order valence-corrected chi connectivity index (χ1v) is 40.7. The van der Waals surface area contributed by atoms with Crippen molar-refractivity contribution in [3.05, 3.63) is 123 Å². The zero-order chi connectivity index (χ0) is 40.0. The standard InChI is InChI=1S/C32H21N3O2.S20/c1-18-8-3-5-10-20(18)26-16-14-24-29(36)22-12-7-13-23-28(22)35(31(24)33-26)32-25(30(23)37)15-17-27(34-32)21-11-6-4-9-19(21)2;1-3-5-7-9-11-13-15-17-19-20-18-16-14-12-10-8-6-4-2/h3-17H,1-2H3;. The molecule has 0 aliphatic carbocycles. The van der Waals surface area contributed by atoms with Crippen LogP contribution in [0.3, 0.4) is 0 Å². The summed E-state index contributed by atoms with van der Waals surface area (Å²) in [7, 11) is 30.8. The highest BCUT2D eigenvalue weighted by atomic mass is 33.5. The Labute approximate surface area is 387 Å². The molecule has 57 heavy (non-hydrogen) atoms. The van der Waals surface area contributed by atoms with E-state index in [0.29, 0.717) is 38.4 Å². The summed E-state index contributed by atoms with van der Waals surface area (Å²) in [5, 5.41) is 1.95. The van der Waals surface area contributed by atoms with Crippen molar-refractivity contribution in [2.45, 2.75) is 13.8 Å². The largest absolute Gasteiger partial charge is 0.288 e. The molecule has 25 heteroatoms. The second kappa shape index (κ2) is 24.2. The Hall–Kier alpha value is -0.500. The lowest BCUT2D eigenvalue weighted by atomic mass is 10.0. The third kappa shape index (κ3) is 12.1. The lowest BCUT2D eigenvalue weighted by Gasteiger charge is -2.15. The number of pyridine rings is 4. The van der Waals surface area contributed by atoms with Gasteiger partial charge in [0, 0.05) is 204 Å². The van der Waals surface area contributed by atoms with Gasteiger partial charge >= 0.3 is 0 Å². The number of benzene rings is 3. The maximum Gasteiger partial charge on any atom is 0.198 e. The number of fused-ring (bicyclic) bond motifs is 4. The maximum absolute atomic E-state index is 13.6. The van der Waals surface area contributed by atoms with Crippen LogP contribution in [-0.4, -0.2) is 14.4 Å². The molecule has 5 nitrogen and oxygen atoms in total. The third-order valence-corrected chi connectivity index (χ3v) is 45.5. The Morgan fingerprint density at radius 3 is 1.12 bits per heavy atom. The van der Waals surface area contributed by atoms with Crippen LogP contribution in [0.25, 0.3) is 60.9 Å². The molecular formula is C32H21N3O2S20. The first kappa shape index (κ1) is 46.0. The van der Waals surface area contributed by atoms with Crippen molar-refractivity contribution in [3.63, 3.8) is 0 Å². The van der Waals surface area contributed by atoms with Crippen LogP contribution in [0.1, 0.15) is 11.1 Å². The van der Waals surface area contributed by atoms with Crippen LogP contribution in [0.5, 0.6) is 0 Å². The van der Waals surface area contributed by atoms with Crippen LogP contribution in [0.2, 0.25) is 0 Å². The van der Waals surface area contributed by atoms with Gasteiger partial charge < -0.3 is 0 Å². The normalized spacial score (nSPS) is 10.2. The smallest absolute Gasteiger partial charge is 0.198 e. The molecular weight excluding hydrogens is 1100 g/mol. The predicted octanol–water partition coefficient (Wildman–Crippen LogP) is 6.25. The van der Waals surface area contributed by atoms with Crippen molar-refractivity contribution >= 4 is 221 Å². The molecule has 0 saturated heterocycles. The van der Waals surface area contributed by atoms with Crippen LogP contribution in [0.15, 0.2) is 101 Å². The Morgan fingerprint density at radius 2 is 0.772 bits per heavy atom. The Kier molecular flexibility index (Phi) is 19.6. The molecule has 3 aromatic carbocycles. The summed E-state index contributed by atoms with van der Waals surface area (Å²) >= 11 is 9.51. The van der Waals surface area contributed by atoms with Gasteiger partial charge in [0.2, 0.25) is 0 Å². The fourth-order valence-corrected chi connectivity index (χ4v) is 49.5. The summed E-state index contributed by atoms with van der Waals surface area (Å²) in [6.45, 7) is 4.08. The Balaban J connectivity index is 0.000000236. The molecule has 0 N–H and O–H groups in total. The first-order chi connectivity index (χ1) is 27.9. The molecule has 0 atom stereocenters. The molecule has 4 heterocycles. The van der Waals surface area contributed by atoms with Crippen molar-refractivity contribution in [1.82, 2.24) is 14.4 Å². The lowest BCUT2D eigenvalue weighted by molar-refractivity contribution is 1.18. The van der Waals surface area contributed by atoms with Crippen LogP contribution >= 0.6 is 0 Å². The van der Waals surface area contributed by atoms with Gasteiger partial charge in [0.25, 0.3) is 0 Å². The lowest BCUT2D eigenvalue weighted by Crippen LogP contribution is -2.15. The zero-order valence-electron chi connectivity index (χ0n) is 28.5. The minimum Gasteiger partial charge on any atom is -0.288 e. The van der Waals surface area contributed by atoms with Crippen molar-refractivity contribution in [3.8, 4) is 22.5 Å². The molecule has 0 aliphatic heterocycles. The van der Waals surface area contributed by atoms with Crippen LogP contribution < -0.4 is 10.9 Å². The summed E-state index contributed by atoms with van der Waals surface area (Å²) in [5.41, 5.74) is 6.96. The van der Waals surface area contributed by atoms with E-state index in [2.05, 4.69) is 0 Å². The number of aryl methyl sites for hydroxylation is 2. The second-order valence-electron chi connectivity index (χ2n) is 10.7. The van der Waals surface area contributed by atoms with Gasteiger partial charge in [-0.25, -0.2) is 9.97 Å². The van der Waals surface area contributed by atoms with Gasteiger partial charge in [0.1, 0.15) is 0 Å². The number of hydrogen-bond acceptors (Lipinski definition) is 6. The van der Waals surface area contributed by atoms with Gasteiger partial charge in [-0.15, -0.1) is 0 Å². The van der Waals surface area contributed by atoms with Gasteiger partial charge in [0.15, 0.2) is 22.2 Å². The van der Waals surface area contributed by atoms with Gasteiger partial charge in [-0.05, 0) is 61.4 Å². The predicted molar refractivity (Wildman–Crippen MR) is 297 cm³/mol. The van der Waals surface area contributed by atoms with E-state index in [1.54, 1.807) is 160 Å². The quantitative estimate of drug-likeness (QED) is 0.151. The van der Waals surface area contributed by atoms with E-state index in [4.69, 9.17) is 32.3 Å². The molecule has 296 valence electrons. The fourth-order valence-electron chi connectivity index (χ4n) is 5.55. The zero-order valence-corrected chi connectivity index (χ0v) is 44.8. The number of para-hydroxylation sites is 1. The van der Waals surface area contributed by atoms with Crippen LogP contribution in [-0.2, 0) is 182 Å². The highest BCUT2D eigenvalue weighted by Gasteiger charge is 2.20. The van der Waals surface area contributed by atoms with Gasteiger partial charge in [-0.3, -0.25) is 14.0 Å². The van der Waals surface area contributed by atoms with E-state index in [1.807, 2.05) is 91.0 Å². The first-order valence-electron chi connectivity index (χ1n) is 15.4. The Bertz CT molecular complexity index is 3490. The molecule has 4 aromatic heterocycles. The number of aromatic nitrogens is 3. The molecule has 0 radical (unpaired) electrons. The summed E-state index contributed by atoms with van der Waals surface area (Å²) in [6.07, 6.45) is 0. The molecule has 7 aromatic rings. The molecule has 0 bridgehead atoms. The van der Waals surface area contributed by atoms with E-state index < -0.39 is 0 Å². The second-order valence-corrected chi connectivity index (χ2v) is 42.5. The topological polar surface area (TPSA) is 64.3 Å². The summed E-state index contributed by atoms with van der Waals surface area (Å²) in [5.74, 6) is 0. The van der Waals surface area contributed by atoms with Gasteiger partial charge in [0.05, 0.1) is 27.7 Å². The maximum atomic E-state index is 13.6. The van der Waals surface area contributed by atoms with E-state index in [1.165, 1.54) is 17.8 Å². The summed E-state index contributed by atoms with van der Waals surface area (Å²) < 4.78 is 1.90. The molecule has 0 spiro atoms. The Morgan fingerprint density at radius 1 is 0.421 bits per heavy atom. The number of hydrogen-bond donors (Lipinski definition) is 0. The minimum atomic E-state index is -0.141. The van der Waals surface area contributed by atoms with Crippen molar-refractivity contribution in [1.29, 1.82) is 0 Å². The number of rotatable bonds is 2. The summed E-state index contributed by atoms with van der Waals surface area (Å²) in [6, 6.07) is 28.8. The van der Waals surface area contributed by atoms with E-state index >= 15 is 0 Å². The van der Waals surface area contributed by atoms with Crippen molar-refractivity contribution in [2.75, 3.05) is 0 Å². The molecule has 0 fully saturated rings. The van der Waals surface area contributed by atoms with Crippen LogP contribution in [0, 0.1) is 13.8 Å². The van der Waals surface area contributed by atoms with Crippen molar-refractivity contribution in [2.24, 2.45) is 0 Å². The SMILES string of the molecule is Cc1ccccc1-c1ccc2c(=O)c3cccc4c(=O)c5ccc(-c6ccccc6C)nc5n(c2n1)c34.S=S=S=S=S=S=S=S=S=S=S=S=S=S=S=S=S=S=S=S. The van der Waals surface area contributed by atoms with E-state index in [-0.39, 0.29) is 10.9 Å².